The summed E-state index contributed by atoms with van der Waals surface area (Å²) < 4.78 is 5.60. The molecular weight excluding hydrogens is 192 g/mol. The highest BCUT2D eigenvalue weighted by molar-refractivity contribution is 5.21. The number of rotatable bonds is 2. The van der Waals surface area contributed by atoms with E-state index < -0.39 is 0 Å². The molecule has 3 nitrogen and oxygen atoms in total. The number of hydrogen-bond donors (Lipinski definition) is 2. The molecule has 0 aliphatic rings. The molecule has 0 heterocycles. The molecular formula is C12H20O3. The lowest BCUT2D eigenvalue weighted by molar-refractivity contribution is 0.131. The molecule has 0 unspecified atom stereocenters. The van der Waals surface area contributed by atoms with Crippen molar-refractivity contribution in [1.82, 2.24) is 0 Å². The van der Waals surface area contributed by atoms with E-state index in [1.165, 1.54) is 0 Å². The molecule has 1 rings (SSSR count). The van der Waals surface area contributed by atoms with Crippen LogP contribution in [0.3, 0.4) is 0 Å². The third-order valence-corrected chi connectivity index (χ3v) is 1.27. The van der Waals surface area contributed by atoms with E-state index in [1.54, 1.807) is 0 Å². The van der Waals surface area contributed by atoms with Crippen LogP contribution in [0.4, 0.5) is 0 Å². The SMILES string of the molecule is CC(C)(C)Oc1ccccc1.OCCO. The fraction of sp³-hybridized carbons (Fsp3) is 0.500. The maximum Gasteiger partial charge on any atom is 0.120 e. The summed E-state index contributed by atoms with van der Waals surface area (Å²) in [6, 6.07) is 9.86. The van der Waals surface area contributed by atoms with E-state index in [1.807, 2.05) is 51.1 Å². The molecule has 86 valence electrons. The first-order valence-corrected chi connectivity index (χ1v) is 4.95. The summed E-state index contributed by atoms with van der Waals surface area (Å²) in [6.45, 7) is 5.88. The average Bonchev–Trinajstić information content (AvgIpc) is 2.17. The van der Waals surface area contributed by atoms with Crippen molar-refractivity contribution in [3.05, 3.63) is 30.3 Å². The summed E-state index contributed by atoms with van der Waals surface area (Å²) in [6.07, 6.45) is 0. The fourth-order valence-electron chi connectivity index (χ4n) is 0.842. The topological polar surface area (TPSA) is 49.7 Å². The minimum Gasteiger partial charge on any atom is -0.488 e. The molecule has 1 aromatic carbocycles. The smallest absolute Gasteiger partial charge is 0.120 e. The molecule has 0 amide bonds. The summed E-state index contributed by atoms with van der Waals surface area (Å²) in [5, 5.41) is 15.2. The van der Waals surface area contributed by atoms with Crippen LogP contribution in [0.25, 0.3) is 0 Å². The van der Waals surface area contributed by atoms with Gasteiger partial charge in [-0.1, -0.05) is 18.2 Å². The van der Waals surface area contributed by atoms with Crippen molar-refractivity contribution in [2.75, 3.05) is 13.2 Å². The first-order valence-electron chi connectivity index (χ1n) is 4.95. The predicted octanol–water partition coefficient (Wildman–Crippen LogP) is 1.83. The zero-order valence-electron chi connectivity index (χ0n) is 9.60. The summed E-state index contributed by atoms with van der Waals surface area (Å²) in [5.74, 6) is 0.931. The predicted molar refractivity (Wildman–Crippen MR) is 61.0 cm³/mol. The molecule has 0 aliphatic heterocycles. The molecule has 0 radical (unpaired) electrons. The number of benzene rings is 1. The van der Waals surface area contributed by atoms with E-state index in [-0.39, 0.29) is 18.8 Å². The van der Waals surface area contributed by atoms with Crippen LogP contribution in [0.5, 0.6) is 5.75 Å². The molecule has 0 aliphatic carbocycles. The van der Waals surface area contributed by atoms with Crippen LogP contribution in [0.2, 0.25) is 0 Å². The van der Waals surface area contributed by atoms with E-state index in [9.17, 15) is 0 Å². The Kier molecular flexibility index (Phi) is 6.75. The van der Waals surface area contributed by atoms with Crippen molar-refractivity contribution >= 4 is 0 Å². The third-order valence-electron chi connectivity index (χ3n) is 1.27. The zero-order valence-corrected chi connectivity index (χ0v) is 9.60. The van der Waals surface area contributed by atoms with E-state index in [2.05, 4.69) is 0 Å². The lowest BCUT2D eigenvalue weighted by atomic mass is 10.2. The number of para-hydroxylation sites is 1. The Morgan fingerprint density at radius 1 is 1.00 bits per heavy atom. The first kappa shape index (κ1) is 13.9. The van der Waals surface area contributed by atoms with Gasteiger partial charge in [-0.05, 0) is 32.9 Å². The third kappa shape index (κ3) is 9.25. The van der Waals surface area contributed by atoms with E-state index in [4.69, 9.17) is 14.9 Å². The molecule has 0 fully saturated rings. The maximum absolute atomic E-state index is 7.62. The highest BCUT2D eigenvalue weighted by Crippen LogP contribution is 2.16. The molecule has 1 aromatic rings. The summed E-state index contributed by atoms with van der Waals surface area (Å²) in [5.41, 5.74) is -0.0959. The van der Waals surface area contributed by atoms with Crippen molar-refractivity contribution in [3.8, 4) is 5.75 Å². The lowest BCUT2D eigenvalue weighted by Gasteiger charge is -2.20. The van der Waals surface area contributed by atoms with Gasteiger partial charge in [0.05, 0.1) is 13.2 Å². The van der Waals surface area contributed by atoms with Crippen molar-refractivity contribution in [2.24, 2.45) is 0 Å². The maximum atomic E-state index is 7.62. The quantitative estimate of drug-likeness (QED) is 0.786. The van der Waals surface area contributed by atoms with Gasteiger partial charge in [-0.25, -0.2) is 0 Å². The Hall–Kier alpha value is -1.06. The van der Waals surface area contributed by atoms with E-state index >= 15 is 0 Å². The standard InChI is InChI=1S/C10H14O.C2H6O2/c1-10(2,3)11-9-7-5-4-6-8-9;3-1-2-4/h4-8H,1-3H3;3-4H,1-2H2. The molecule has 0 bridgehead atoms. The van der Waals surface area contributed by atoms with Gasteiger partial charge in [-0.2, -0.15) is 0 Å². The Balaban J connectivity index is 0.000000423. The van der Waals surface area contributed by atoms with Gasteiger partial charge in [0, 0.05) is 0 Å². The van der Waals surface area contributed by atoms with Crippen LogP contribution in [0.15, 0.2) is 30.3 Å². The van der Waals surface area contributed by atoms with Gasteiger partial charge in [0.15, 0.2) is 0 Å². The monoisotopic (exact) mass is 212 g/mol. The second-order valence-electron chi connectivity index (χ2n) is 3.97. The fourth-order valence-corrected chi connectivity index (χ4v) is 0.842. The van der Waals surface area contributed by atoms with Crippen LogP contribution in [0.1, 0.15) is 20.8 Å². The molecule has 15 heavy (non-hydrogen) atoms. The highest BCUT2D eigenvalue weighted by Gasteiger charge is 2.10. The summed E-state index contributed by atoms with van der Waals surface area (Å²) in [7, 11) is 0. The van der Waals surface area contributed by atoms with E-state index in [0.717, 1.165) is 5.75 Å². The van der Waals surface area contributed by atoms with Crippen molar-refractivity contribution in [3.63, 3.8) is 0 Å². The Morgan fingerprint density at radius 3 is 1.80 bits per heavy atom. The van der Waals surface area contributed by atoms with Crippen LogP contribution in [-0.4, -0.2) is 29.0 Å². The Bertz CT molecular complexity index is 237. The van der Waals surface area contributed by atoms with Gasteiger partial charge in [0.25, 0.3) is 0 Å². The molecule has 3 heteroatoms. The normalized spacial score (nSPS) is 10.2. The van der Waals surface area contributed by atoms with Gasteiger partial charge >= 0.3 is 0 Å². The summed E-state index contributed by atoms with van der Waals surface area (Å²) >= 11 is 0. The van der Waals surface area contributed by atoms with Gasteiger partial charge in [0.1, 0.15) is 11.4 Å². The molecule has 0 saturated heterocycles. The second kappa shape index (κ2) is 7.26. The Labute approximate surface area is 91.3 Å². The number of aliphatic hydroxyl groups excluding tert-OH is 2. The summed E-state index contributed by atoms with van der Waals surface area (Å²) in [4.78, 5) is 0. The lowest BCUT2D eigenvalue weighted by Crippen LogP contribution is -2.22. The highest BCUT2D eigenvalue weighted by atomic mass is 16.5. The minimum atomic E-state index is -0.125. The van der Waals surface area contributed by atoms with Crippen LogP contribution in [-0.2, 0) is 0 Å². The van der Waals surface area contributed by atoms with Gasteiger partial charge in [-0.3, -0.25) is 0 Å². The largest absolute Gasteiger partial charge is 0.488 e. The minimum absolute atomic E-state index is 0.0959. The van der Waals surface area contributed by atoms with Crippen molar-refractivity contribution < 1.29 is 14.9 Å². The van der Waals surface area contributed by atoms with Gasteiger partial charge < -0.3 is 14.9 Å². The number of ether oxygens (including phenoxy) is 1. The number of aliphatic hydroxyl groups is 2. The van der Waals surface area contributed by atoms with Crippen LogP contribution < -0.4 is 4.74 Å². The van der Waals surface area contributed by atoms with Crippen molar-refractivity contribution in [1.29, 1.82) is 0 Å². The second-order valence-corrected chi connectivity index (χ2v) is 3.97. The number of hydrogen-bond acceptors (Lipinski definition) is 3. The molecule has 0 saturated carbocycles. The zero-order chi connectivity index (χ0) is 11.7. The average molecular weight is 212 g/mol. The van der Waals surface area contributed by atoms with Gasteiger partial charge in [0.2, 0.25) is 0 Å². The molecule has 0 spiro atoms. The van der Waals surface area contributed by atoms with Crippen LogP contribution in [0, 0.1) is 0 Å². The van der Waals surface area contributed by atoms with E-state index in [0.29, 0.717) is 0 Å². The van der Waals surface area contributed by atoms with Crippen LogP contribution >= 0.6 is 0 Å². The Morgan fingerprint density at radius 2 is 1.47 bits per heavy atom. The molecule has 2 N–H and O–H groups in total. The van der Waals surface area contributed by atoms with Crippen molar-refractivity contribution in [2.45, 2.75) is 26.4 Å². The molecule has 0 aromatic heterocycles. The molecule has 0 atom stereocenters. The first-order chi connectivity index (χ1) is 6.99. The van der Waals surface area contributed by atoms with Gasteiger partial charge in [-0.15, -0.1) is 0 Å².